The number of carboxylic acid groups (broad SMARTS) is 1. The van der Waals surface area contributed by atoms with Crippen LogP contribution in [0.25, 0.3) is 0 Å². The summed E-state index contributed by atoms with van der Waals surface area (Å²) in [5, 5.41) is 16.2. The van der Waals surface area contributed by atoms with Gasteiger partial charge in [-0.15, -0.1) is 0 Å². The molecule has 0 amide bonds. The fourth-order valence-corrected chi connectivity index (χ4v) is 2.25. The zero-order chi connectivity index (χ0) is 16.7. The second-order valence-electron chi connectivity index (χ2n) is 5.40. The first kappa shape index (κ1) is 16.7. The van der Waals surface area contributed by atoms with Gasteiger partial charge < -0.3 is 10.4 Å². The Balaban J connectivity index is 2.09. The highest BCUT2D eigenvalue weighted by Gasteiger charge is 2.16. The Morgan fingerprint density at radius 1 is 1.35 bits per heavy atom. The fraction of sp³-hybridized carbons (Fsp3) is 0.353. The summed E-state index contributed by atoms with van der Waals surface area (Å²) in [6, 6.07) is 10.2. The van der Waals surface area contributed by atoms with E-state index in [1.54, 1.807) is 0 Å². The van der Waals surface area contributed by atoms with Crippen LogP contribution in [0.2, 0.25) is 0 Å². The third-order valence-corrected chi connectivity index (χ3v) is 3.53. The Morgan fingerprint density at radius 2 is 2.09 bits per heavy atom. The maximum absolute atomic E-state index is 12.1. The van der Waals surface area contributed by atoms with Crippen LogP contribution in [0.15, 0.2) is 47.4 Å². The summed E-state index contributed by atoms with van der Waals surface area (Å²) in [5.41, 5.74) is 1.15. The summed E-state index contributed by atoms with van der Waals surface area (Å²) < 4.78 is 1.35. The number of carbonyl (C=O) groups is 1. The molecule has 0 fully saturated rings. The van der Waals surface area contributed by atoms with Crippen LogP contribution in [-0.4, -0.2) is 26.9 Å². The number of nitrogens with one attached hydrogen (secondary N) is 1. The minimum Gasteiger partial charge on any atom is -0.480 e. The zero-order valence-corrected chi connectivity index (χ0v) is 13.1. The van der Waals surface area contributed by atoms with Gasteiger partial charge in [-0.25, -0.2) is 9.48 Å². The highest BCUT2D eigenvalue weighted by molar-refractivity contribution is 5.77. The predicted octanol–water partition coefficient (Wildman–Crippen LogP) is 2.35. The molecule has 1 unspecified atom stereocenters. The van der Waals surface area contributed by atoms with E-state index in [1.165, 1.54) is 16.9 Å². The predicted molar refractivity (Wildman–Crippen MR) is 88.6 cm³/mol. The molecule has 0 bridgehead atoms. The van der Waals surface area contributed by atoms with Crippen molar-refractivity contribution in [1.29, 1.82) is 0 Å². The van der Waals surface area contributed by atoms with Gasteiger partial charge in [0.05, 0.1) is 18.4 Å². The van der Waals surface area contributed by atoms with E-state index in [0.29, 0.717) is 18.7 Å². The molecule has 2 rings (SSSR count). The van der Waals surface area contributed by atoms with Crippen LogP contribution in [-0.2, 0) is 11.3 Å². The van der Waals surface area contributed by atoms with Gasteiger partial charge >= 0.3 is 5.97 Å². The summed E-state index contributed by atoms with van der Waals surface area (Å²) in [6.07, 6.45) is 3.73. The minimum absolute atomic E-state index is 0.265. The van der Waals surface area contributed by atoms with Crippen molar-refractivity contribution < 1.29 is 9.90 Å². The molecule has 0 radical (unpaired) electrons. The largest absolute Gasteiger partial charge is 0.480 e. The number of benzene rings is 1. The number of hydrogen-bond acceptors (Lipinski definition) is 4. The monoisotopic (exact) mass is 315 g/mol. The molecule has 1 atom stereocenters. The number of unbranched alkanes of at least 4 members (excludes halogenated alkanes) is 1. The first-order chi connectivity index (χ1) is 11.1. The molecule has 1 heterocycles. The Bertz CT molecular complexity index is 698. The second kappa shape index (κ2) is 8.12. The van der Waals surface area contributed by atoms with Crippen molar-refractivity contribution in [2.24, 2.45) is 0 Å². The van der Waals surface area contributed by atoms with Crippen LogP contribution >= 0.6 is 0 Å². The number of nitrogens with zero attached hydrogens (tertiary/aromatic N) is 2. The van der Waals surface area contributed by atoms with Crippen molar-refractivity contribution in [3.05, 3.63) is 58.5 Å². The summed E-state index contributed by atoms with van der Waals surface area (Å²) in [7, 11) is 0. The molecule has 122 valence electrons. The maximum Gasteiger partial charge on any atom is 0.326 e. The zero-order valence-electron chi connectivity index (χ0n) is 13.1. The number of rotatable bonds is 8. The standard InChI is InChI=1S/C17H21N3O3/c1-2-3-9-15(17(22)23)19-14-10-16(21)20(18-11-14)12-13-7-5-4-6-8-13/h4-8,10-11,15,19H,2-3,9,12H2,1H3,(H,22,23). The topological polar surface area (TPSA) is 84.2 Å². The molecule has 23 heavy (non-hydrogen) atoms. The molecule has 0 saturated carbocycles. The smallest absolute Gasteiger partial charge is 0.326 e. The first-order valence-electron chi connectivity index (χ1n) is 7.70. The molecular weight excluding hydrogens is 294 g/mol. The van der Waals surface area contributed by atoms with Gasteiger partial charge in [0.2, 0.25) is 0 Å². The minimum atomic E-state index is -0.924. The lowest BCUT2D eigenvalue weighted by Crippen LogP contribution is -2.31. The van der Waals surface area contributed by atoms with Crippen molar-refractivity contribution in [1.82, 2.24) is 9.78 Å². The van der Waals surface area contributed by atoms with Crippen LogP contribution in [0, 0.1) is 0 Å². The number of aromatic nitrogens is 2. The molecule has 6 heteroatoms. The summed E-state index contributed by atoms with van der Waals surface area (Å²) >= 11 is 0. The number of carboxylic acids is 1. The quantitative estimate of drug-likeness (QED) is 0.781. The molecule has 0 aliphatic heterocycles. The van der Waals surface area contributed by atoms with Crippen LogP contribution in [0.1, 0.15) is 31.7 Å². The van der Waals surface area contributed by atoms with Gasteiger partial charge in [0.25, 0.3) is 5.56 Å². The van der Waals surface area contributed by atoms with Crippen LogP contribution < -0.4 is 10.9 Å². The van der Waals surface area contributed by atoms with Crippen LogP contribution in [0.4, 0.5) is 5.69 Å². The highest BCUT2D eigenvalue weighted by atomic mass is 16.4. The number of anilines is 1. The molecule has 0 saturated heterocycles. The highest BCUT2D eigenvalue weighted by Crippen LogP contribution is 2.09. The Kier molecular flexibility index (Phi) is 5.91. The lowest BCUT2D eigenvalue weighted by Gasteiger charge is -2.15. The molecule has 2 N–H and O–H groups in total. The van der Waals surface area contributed by atoms with Crippen molar-refractivity contribution >= 4 is 11.7 Å². The average molecular weight is 315 g/mol. The van der Waals surface area contributed by atoms with Crippen molar-refractivity contribution in [2.75, 3.05) is 5.32 Å². The summed E-state index contributed by atoms with van der Waals surface area (Å²) in [6.45, 7) is 2.39. The van der Waals surface area contributed by atoms with E-state index < -0.39 is 12.0 Å². The van der Waals surface area contributed by atoms with Crippen LogP contribution in [0.3, 0.4) is 0 Å². The third-order valence-electron chi connectivity index (χ3n) is 3.53. The maximum atomic E-state index is 12.1. The van der Waals surface area contributed by atoms with E-state index in [0.717, 1.165) is 18.4 Å². The van der Waals surface area contributed by atoms with Gasteiger partial charge in [-0.2, -0.15) is 5.10 Å². The molecule has 1 aromatic carbocycles. The lowest BCUT2D eigenvalue weighted by atomic mass is 10.1. The van der Waals surface area contributed by atoms with E-state index in [4.69, 9.17) is 0 Å². The molecule has 1 aromatic heterocycles. The fourth-order valence-electron chi connectivity index (χ4n) is 2.25. The van der Waals surface area contributed by atoms with Gasteiger partial charge in [-0.1, -0.05) is 50.1 Å². The van der Waals surface area contributed by atoms with Crippen molar-refractivity contribution in [3.63, 3.8) is 0 Å². The molecule has 6 nitrogen and oxygen atoms in total. The van der Waals surface area contributed by atoms with Gasteiger partial charge in [-0.05, 0) is 12.0 Å². The molecule has 2 aromatic rings. The SMILES string of the molecule is CCCCC(Nc1cnn(Cc2ccccc2)c(=O)c1)C(=O)O. The first-order valence-corrected chi connectivity index (χ1v) is 7.70. The second-order valence-corrected chi connectivity index (χ2v) is 5.40. The Morgan fingerprint density at radius 3 is 2.70 bits per heavy atom. The molecule has 0 aliphatic rings. The van der Waals surface area contributed by atoms with Crippen molar-refractivity contribution in [3.8, 4) is 0 Å². The summed E-state index contributed by atoms with van der Waals surface area (Å²) in [5.74, 6) is -0.924. The Labute approximate surface area is 134 Å². The molecule has 0 aliphatic carbocycles. The average Bonchev–Trinajstić information content (AvgIpc) is 2.54. The Hall–Kier alpha value is -2.63. The van der Waals surface area contributed by atoms with Gasteiger partial charge in [0.1, 0.15) is 6.04 Å². The summed E-state index contributed by atoms with van der Waals surface area (Å²) in [4.78, 5) is 23.4. The normalized spacial score (nSPS) is 11.9. The molecular formula is C17H21N3O3. The van der Waals surface area contributed by atoms with Gasteiger partial charge in [0, 0.05) is 6.07 Å². The van der Waals surface area contributed by atoms with E-state index >= 15 is 0 Å². The van der Waals surface area contributed by atoms with E-state index in [2.05, 4.69) is 10.4 Å². The van der Waals surface area contributed by atoms with E-state index in [9.17, 15) is 14.7 Å². The third kappa shape index (κ3) is 4.95. The lowest BCUT2D eigenvalue weighted by molar-refractivity contribution is -0.138. The number of hydrogen-bond donors (Lipinski definition) is 2. The van der Waals surface area contributed by atoms with Crippen LogP contribution in [0.5, 0.6) is 0 Å². The van der Waals surface area contributed by atoms with Crippen molar-refractivity contribution in [2.45, 2.75) is 38.8 Å². The molecule has 0 spiro atoms. The van der Waals surface area contributed by atoms with E-state index in [1.807, 2.05) is 37.3 Å². The van der Waals surface area contributed by atoms with Gasteiger partial charge in [0.15, 0.2) is 0 Å². The number of aliphatic carboxylic acids is 1. The van der Waals surface area contributed by atoms with Gasteiger partial charge in [-0.3, -0.25) is 4.79 Å². The van der Waals surface area contributed by atoms with E-state index in [-0.39, 0.29) is 5.56 Å².